The molecule has 0 bridgehead atoms. The number of imidazole rings is 1. The van der Waals surface area contributed by atoms with Crippen molar-refractivity contribution in [2.24, 2.45) is 5.92 Å². The van der Waals surface area contributed by atoms with Crippen molar-refractivity contribution in [1.29, 1.82) is 0 Å². The fourth-order valence-electron chi connectivity index (χ4n) is 3.78. The van der Waals surface area contributed by atoms with E-state index in [0.29, 0.717) is 10.0 Å². The summed E-state index contributed by atoms with van der Waals surface area (Å²) in [5, 5.41) is 4.22. The summed E-state index contributed by atoms with van der Waals surface area (Å²) in [6.07, 6.45) is 0.794. The van der Waals surface area contributed by atoms with E-state index in [1.165, 1.54) is 0 Å². The van der Waals surface area contributed by atoms with Crippen LogP contribution in [0.5, 0.6) is 0 Å². The fourth-order valence-corrected chi connectivity index (χ4v) is 4.23. The minimum Gasteiger partial charge on any atom is -0.346 e. The number of hydrogen-bond acceptors (Lipinski definition) is 2. The normalized spacial score (nSPS) is 19.9. The smallest absolute Gasteiger partial charge is 0.224 e. The molecular weight excluding hydrogens is 381 g/mol. The van der Waals surface area contributed by atoms with Crippen molar-refractivity contribution in [2.75, 3.05) is 0 Å². The van der Waals surface area contributed by atoms with Gasteiger partial charge in [0.15, 0.2) is 0 Å². The third-order valence-electron chi connectivity index (χ3n) is 5.25. The number of benzene rings is 2. The van der Waals surface area contributed by atoms with Crippen LogP contribution >= 0.6 is 23.2 Å². The molecule has 1 saturated carbocycles. The van der Waals surface area contributed by atoms with Gasteiger partial charge in [-0.1, -0.05) is 47.5 Å². The number of hydrogen-bond donors (Lipinski definition) is 1. The Morgan fingerprint density at radius 3 is 2.81 bits per heavy atom. The molecule has 3 unspecified atom stereocenters. The van der Waals surface area contributed by atoms with Crippen LogP contribution < -0.4 is 5.32 Å². The minimum atomic E-state index is -0.166. The van der Waals surface area contributed by atoms with Crippen LogP contribution in [-0.4, -0.2) is 15.5 Å². The number of carbonyl (C=O) groups excluding carboxylic acids is 1. The monoisotopic (exact) mass is 401 g/mol. The van der Waals surface area contributed by atoms with Gasteiger partial charge in [0.25, 0.3) is 0 Å². The van der Waals surface area contributed by atoms with E-state index in [1.54, 1.807) is 6.07 Å². The summed E-state index contributed by atoms with van der Waals surface area (Å²) in [7, 11) is 0. The number of amides is 1. The maximum absolute atomic E-state index is 12.8. The summed E-state index contributed by atoms with van der Waals surface area (Å²) < 4.78 is 2.15. The van der Waals surface area contributed by atoms with Crippen molar-refractivity contribution in [2.45, 2.75) is 38.8 Å². The quantitative estimate of drug-likeness (QED) is 0.626. The number of rotatable bonds is 5. The van der Waals surface area contributed by atoms with Gasteiger partial charge in [0.2, 0.25) is 5.91 Å². The molecule has 1 aliphatic carbocycles. The van der Waals surface area contributed by atoms with Crippen LogP contribution in [0.2, 0.25) is 10.0 Å². The van der Waals surface area contributed by atoms with E-state index in [1.807, 2.05) is 37.3 Å². The molecule has 27 heavy (non-hydrogen) atoms. The second-order valence-electron chi connectivity index (χ2n) is 7.02. The third-order valence-corrected chi connectivity index (χ3v) is 6.09. The molecule has 1 N–H and O–H groups in total. The van der Waals surface area contributed by atoms with Crippen LogP contribution in [0.15, 0.2) is 42.5 Å². The number of para-hydroxylation sites is 2. The summed E-state index contributed by atoms with van der Waals surface area (Å²) >= 11 is 12.4. The molecule has 3 aromatic rings. The molecule has 1 amide bonds. The fraction of sp³-hybridized carbons (Fsp3) is 0.333. The zero-order valence-electron chi connectivity index (χ0n) is 15.2. The molecule has 2 aromatic carbocycles. The summed E-state index contributed by atoms with van der Waals surface area (Å²) in [5.41, 5.74) is 2.99. The van der Waals surface area contributed by atoms with E-state index in [4.69, 9.17) is 28.2 Å². The van der Waals surface area contributed by atoms with E-state index in [0.717, 1.165) is 35.4 Å². The maximum Gasteiger partial charge on any atom is 0.224 e. The summed E-state index contributed by atoms with van der Waals surface area (Å²) in [5.74, 6) is 0.986. The second kappa shape index (κ2) is 7.17. The molecular formula is C21H21Cl2N3O. The van der Waals surface area contributed by atoms with Gasteiger partial charge in [0.1, 0.15) is 5.82 Å². The molecule has 1 heterocycles. The van der Waals surface area contributed by atoms with Gasteiger partial charge in [0.05, 0.1) is 27.1 Å². The first-order valence-corrected chi connectivity index (χ1v) is 9.96. The molecule has 1 fully saturated rings. The van der Waals surface area contributed by atoms with Crippen LogP contribution in [0.1, 0.15) is 43.6 Å². The minimum absolute atomic E-state index is 0.0400. The Balaban J connectivity index is 1.50. The Morgan fingerprint density at radius 1 is 1.26 bits per heavy atom. The standard InChI is InChI=1S/C21H21Cl2N3O/c1-3-26-18-10-5-4-9-17(18)25-20(26)12(2)24-21(27)15-11-14(15)13-7-6-8-16(22)19(13)23/h4-10,12,14-15H,3,11H2,1-2H3,(H,24,27). The number of nitrogens with zero attached hydrogens (tertiary/aromatic N) is 2. The summed E-state index contributed by atoms with van der Waals surface area (Å²) in [6, 6.07) is 13.5. The van der Waals surface area contributed by atoms with Crippen molar-refractivity contribution >= 4 is 40.1 Å². The number of fused-ring (bicyclic) bond motifs is 1. The number of halogens is 2. The van der Waals surface area contributed by atoms with Crippen LogP contribution in [0.25, 0.3) is 11.0 Å². The van der Waals surface area contributed by atoms with Crippen LogP contribution in [0, 0.1) is 5.92 Å². The molecule has 6 heteroatoms. The van der Waals surface area contributed by atoms with Crippen LogP contribution in [0.3, 0.4) is 0 Å². The first-order chi connectivity index (χ1) is 13.0. The lowest BCUT2D eigenvalue weighted by atomic mass is 10.1. The molecule has 1 aliphatic rings. The Hall–Kier alpha value is -2.04. The molecule has 4 nitrogen and oxygen atoms in total. The van der Waals surface area contributed by atoms with Gasteiger partial charge in [-0.15, -0.1) is 0 Å². The number of carbonyl (C=O) groups is 1. The average molecular weight is 402 g/mol. The zero-order chi connectivity index (χ0) is 19.1. The van der Waals surface area contributed by atoms with E-state index >= 15 is 0 Å². The van der Waals surface area contributed by atoms with Crippen molar-refractivity contribution in [3.8, 4) is 0 Å². The largest absolute Gasteiger partial charge is 0.346 e. The van der Waals surface area contributed by atoms with E-state index in [9.17, 15) is 4.79 Å². The topological polar surface area (TPSA) is 46.9 Å². The predicted octanol–water partition coefficient (Wildman–Crippen LogP) is 5.34. The number of aryl methyl sites for hydroxylation is 1. The SMILES string of the molecule is CCn1c(C(C)NC(=O)C2CC2c2cccc(Cl)c2Cl)nc2ccccc21. The number of aromatic nitrogens is 2. The van der Waals surface area contributed by atoms with Gasteiger partial charge in [-0.25, -0.2) is 4.98 Å². The van der Waals surface area contributed by atoms with Gasteiger partial charge < -0.3 is 9.88 Å². The summed E-state index contributed by atoms with van der Waals surface area (Å²) in [4.78, 5) is 17.5. The first kappa shape index (κ1) is 18.3. The van der Waals surface area contributed by atoms with Gasteiger partial charge in [0, 0.05) is 12.5 Å². The molecule has 4 rings (SSSR count). The van der Waals surface area contributed by atoms with Gasteiger partial charge in [-0.05, 0) is 49.9 Å². The Morgan fingerprint density at radius 2 is 2.04 bits per heavy atom. The highest BCUT2D eigenvalue weighted by molar-refractivity contribution is 6.42. The lowest BCUT2D eigenvalue weighted by Crippen LogP contribution is -2.30. The molecule has 0 aliphatic heterocycles. The molecule has 1 aromatic heterocycles. The predicted molar refractivity (Wildman–Crippen MR) is 109 cm³/mol. The van der Waals surface area contributed by atoms with Gasteiger partial charge >= 0.3 is 0 Å². The highest BCUT2D eigenvalue weighted by Crippen LogP contribution is 2.50. The third kappa shape index (κ3) is 3.32. The second-order valence-corrected chi connectivity index (χ2v) is 7.81. The molecule has 0 saturated heterocycles. The van der Waals surface area contributed by atoms with E-state index < -0.39 is 0 Å². The van der Waals surface area contributed by atoms with Crippen molar-refractivity contribution in [3.63, 3.8) is 0 Å². The van der Waals surface area contributed by atoms with Crippen molar-refractivity contribution < 1.29 is 4.79 Å². The lowest BCUT2D eigenvalue weighted by molar-refractivity contribution is -0.123. The van der Waals surface area contributed by atoms with Gasteiger partial charge in [-0.3, -0.25) is 4.79 Å². The van der Waals surface area contributed by atoms with Crippen molar-refractivity contribution in [1.82, 2.24) is 14.9 Å². The van der Waals surface area contributed by atoms with E-state index in [-0.39, 0.29) is 23.8 Å². The van der Waals surface area contributed by atoms with Crippen LogP contribution in [-0.2, 0) is 11.3 Å². The van der Waals surface area contributed by atoms with Crippen molar-refractivity contribution in [3.05, 3.63) is 63.9 Å². The lowest BCUT2D eigenvalue weighted by Gasteiger charge is -2.15. The maximum atomic E-state index is 12.8. The Labute approximate surface area is 168 Å². The Kier molecular flexibility index (Phi) is 4.87. The average Bonchev–Trinajstić information content (AvgIpc) is 3.36. The molecule has 140 valence electrons. The molecule has 0 spiro atoms. The Bertz CT molecular complexity index is 1010. The van der Waals surface area contributed by atoms with E-state index in [2.05, 4.69) is 22.9 Å². The number of nitrogens with one attached hydrogen (secondary N) is 1. The van der Waals surface area contributed by atoms with Crippen LogP contribution in [0.4, 0.5) is 0 Å². The first-order valence-electron chi connectivity index (χ1n) is 9.20. The highest BCUT2D eigenvalue weighted by Gasteiger charge is 2.45. The molecule has 3 atom stereocenters. The summed E-state index contributed by atoms with van der Waals surface area (Å²) in [6.45, 7) is 4.87. The highest BCUT2D eigenvalue weighted by atomic mass is 35.5. The zero-order valence-corrected chi connectivity index (χ0v) is 16.8. The van der Waals surface area contributed by atoms with Gasteiger partial charge in [-0.2, -0.15) is 0 Å². The molecule has 0 radical (unpaired) electrons.